The van der Waals surface area contributed by atoms with Crippen LogP contribution in [-0.2, 0) is 13.0 Å². The van der Waals surface area contributed by atoms with Crippen molar-refractivity contribution >= 4 is 0 Å². The van der Waals surface area contributed by atoms with E-state index in [-0.39, 0.29) is 6.10 Å². The zero-order valence-electron chi connectivity index (χ0n) is 12.6. The Hall–Kier alpha value is -1.22. The third kappa shape index (κ3) is 3.26. The first-order valence-electron chi connectivity index (χ1n) is 7.83. The molecule has 1 saturated carbocycles. The zero-order valence-corrected chi connectivity index (χ0v) is 12.6. The fourth-order valence-electron chi connectivity index (χ4n) is 2.95. The molecule has 3 nitrogen and oxygen atoms in total. The van der Waals surface area contributed by atoms with Crippen LogP contribution in [0.25, 0.3) is 0 Å². The van der Waals surface area contributed by atoms with Crippen LogP contribution in [0.5, 0.6) is 11.5 Å². The number of hydrogen-bond donors (Lipinski definition) is 1. The van der Waals surface area contributed by atoms with Gasteiger partial charge in [-0.25, -0.2) is 0 Å². The summed E-state index contributed by atoms with van der Waals surface area (Å²) >= 11 is 0. The largest absolute Gasteiger partial charge is 0.496 e. The summed E-state index contributed by atoms with van der Waals surface area (Å²) in [5.74, 6) is 3.05. The summed E-state index contributed by atoms with van der Waals surface area (Å²) < 4.78 is 11.3. The van der Waals surface area contributed by atoms with Crippen LogP contribution in [0, 0.1) is 5.92 Å². The van der Waals surface area contributed by atoms with Crippen LogP contribution in [-0.4, -0.2) is 19.8 Å². The Labute approximate surface area is 121 Å². The SMILES string of the molecule is COc1cc2c(cc1CNCCCC1CC1)OC(C)C2. The third-order valence-electron chi connectivity index (χ3n) is 4.28. The molecule has 1 aromatic rings. The molecule has 1 heterocycles. The average molecular weight is 275 g/mol. The van der Waals surface area contributed by atoms with Gasteiger partial charge in [-0.3, -0.25) is 0 Å². The quantitative estimate of drug-likeness (QED) is 0.775. The third-order valence-corrected chi connectivity index (χ3v) is 4.28. The minimum absolute atomic E-state index is 0.288. The lowest BCUT2D eigenvalue weighted by molar-refractivity contribution is 0.254. The maximum absolute atomic E-state index is 5.83. The fraction of sp³-hybridized carbons (Fsp3) is 0.647. The highest BCUT2D eigenvalue weighted by Crippen LogP contribution is 2.35. The van der Waals surface area contributed by atoms with Crippen molar-refractivity contribution in [2.24, 2.45) is 5.92 Å². The van der Waals surface area contributed by atoms with Gasteiger partial charge < -0.3 is 14.8 Å². The van der Waals surface area contributed by atoms with Gasteiger partial charge in [-0.05, 0) is 44.4 Å². The molecule has 1 unspecified atom stereocenters. The first-order chi connectivity index (χ1) is 9.76. The number of nitrogens with one attached hydrogen (secondary N) is 1. The summed E-state index contributed by atoms with van der Waals surface area (Å²) in [6, 6.07) is 4.28. The second-order valence-corrected chi connectivity index (χ2v) is 6.17. The second kappa shape index (κ2) is 6.04. The van der Waals surface area contributed by atoms with E-state index in [0.29, 0.717) is 0 Å². The van der Waals surface area contributed by atoms with E-state index in [0.717, 1.165) is 36.9 Å². The highest BCUT2D eigenvalue weighted by Gasteiger charge is 2.22. The van der Waals surface area contributed by atoms with Gasteiger partial charge in [0, 0.05) is 24.1 Å². The molecule has 0 spiro atoms. The molecule has 3 rings (SSSR count). The van der Waals surface area contributed by atoms with E-state index >= 15 is 0 Å². The Kier molecular flexibility index (Phi) is 4.16. The maximum atomic E-state index is 5.83. The van der Waals surface area contributed by atoms with Gasteiger partial charge in [0.25, 0.3) is 0 Å². The molecule has 1 aromatic carbocycles. The molecular formula is C17H25NO2. The second-order valence-electron chi connectivity index (χ2n) is 6.17. The summed E-state index contributed by atoms with van der Waals surface area (Å²) in [6.45, 7) is 4.06. The van der Waals surface area contributed by atoms with E-state index in [1.807, 2.05) is 0 Å². The molecule has 20 heavy (non-hydrogen) atoms. The van der Waals surface area contributed by atoms with Crippen LogP contribution in [0.3, 0.4) is 0 Å². The van der Waals surface area contributed by atoms with E-state index in [2.05, 4.69) is 24.4 Å². The van der Waals surface area contributed by atoms with Crippen LogP contribution in [0.4, 0.5) is 0 Å². The van der Waals surface area contributed by atoms with Gasteiger partial charge in [-0.15, -0.1) is 0 Å². The molecule has 1 aliphatic carbocycles. The van der Waals surface area contributed by atoms with Gasteiger partial charge in [-0.2, -0.15) is 0 Å². The van der Waals surface area contributed by atoms with Crippen LogP contribution in [0.1, 0.15) is 43.7 Å². The Bertz CT molecular complexity index is 468. The van der Waals surface area contributed by atoms with Crippen molar-refractivity contribution in [1.29, 1.82) is 0 Å². The molecule has 0 aromatic heterocycles. The Morgan fingerprint density at radius 3 is 2.95 bits per heavy atom. The molecule has 1 atom stereocenters. The van der Waals surface area contributed by atoms with E-state index in [1.54, 1.807) is 7.11 Å². The molecule has 0 amide bonds. The van der Waals surface area contributed by atoms with E-state index in [4.69, 9.17) is 9.47 Å². The van der Waals surface area contributed by atoms with Crippen LogP contribution in [0.2, 0.25) is 0 Å². The van der Waals surface area contributed by atoms with Gasteiger partial charge in [0.2, 0.25) is 0 Å². The molecule has 3 heteroatoms. The van der Waals surface area contributed by atoms with Crippen LogP contribution >= 0.6 is 0 Å². The Morgan fingerprint density at radius 1 is 1.35 bits per heavy atom. The Morgan fingerprint density at radius 2 is 2.20 bits per heavy atom. The average Bonchev–Trinajstić information content (AvgIpc) is 3.18. The summed E-state index contributed by atoms with van der Waals surface area (Å²) in [5, 5.41) is 3.53. The zero-order chi connectivity index (χ0) is 13.9. The maximum Gasteiger partial charge on any atom is 0.123 e. The van der Waals surface area contributed by atoms with E-state index in [9.17, 15) is 0 Å². The van der Waals surface area contributed by atoms with E-state index in [1.165, 1.54) is 36.8 Å². The van der Waals surface area contributed by atoms with Crippen molar-refractivity contribution in [2.75, 3.05) is 13.7 Å². The molecule has 2 aliphatic rings. The topological polar surface area (TPSA) is 30.5 Å². The molecule has 1 aliphatic heterocycles. The number of methoxy groups -OCH3 is 1. The van der Waals surface area contributed by atoms with Crippen molar-refractivity contribution in [2.45, 2.75) is 51.7 Å². The van der Waals surface area contributed by atoms with Crippen molar-refractivity contribution < 1.29 is 9.47 Å². The molecule has 0 bridgehead atoms. The lowest BCUT2D eigenvalue weighted by Gasteiger charge is -2.12. The first kappa shape index (κ1) is 13.7. The highest BCUT2D eigenvalue weighted by atomic mass is 16.5. The number of fused-ring (bicyclic) bond motifs is 1. The van der Waals surface area contributed by atoms with Gasteiger partial charge in [0.15, 0.2) is 0 Å². The predicted octanol–water partition coefficient (Wildman–Crippen LogP) is 3.30. The van der Waals surface area contributed by atoms with Gasteiger partial charge in [0.1, 0.15) is 17.6 Å². The molecule has 0 radical (unpaired) electrons. The van der Waals surface area contributed by atoms with Crippen molar-refractivity contribution in [3.05, 3.63) is 23.3 Å². The monoisotopic (exact) mass is 275 g/mol. The van der Waals surface area contributed by atoms with Crippen molar-refractivity contribution in [3.63, 3.8) is 0 Å². The van der Waals surface area contributed by atoms with Gasteiger partial charge in [0.05, 0.1) is 7.11 Å². The number of ether oxygens (including phenoxy) is 2. The standard InChI is InChI=1S/C17H25NO2/c1-12-8-14-9-16(19-2)15(10-17(14)20-12)11-18-7-3-4-13-5-6-13/h9-10,12-13,18H,3-8,11H2,1-2H3. The molecular weight excluding hydrogens is 250 g/mol. The minimum Gasteiger partial charge on any atom is -0.496 e. The molecule has 1 fully saturated rings. The van der Waals surface area contributed by atoms with Crippen LogP contribution in [0.15, 0.2) is 12.1 Å². The summed E-state index contributed by atoms with van der Waals surface area (Å²) in [6.07, 6.45) is 6.85. The van der Waals surface area contributed by atoms with E-state index < -0.39 is 0 Å². The number of hydrogen-bond acceptors (Lipinski definition) is 3. The number of rotatable bonds is 7. The first-order valence-corrected chi connectivity index (χ1v) is 7.83. The normalized spacial score (nSPS) is 20.6. The number of benzene rings is 1. The van der Waals surface area contributed by atoms with Crippen LogP contribution < -0.4 is 14.8 Å². The lowest BCUT2D eigenvalue weighted by Crippen LogP contribution is -2.15. The lowest BCUT2D eigenvalue weighted by atomic mass is 10.1. The van der Waals surface area contributed by atoms with Crippen molar-refractivity contribution in [1.82, 2.24) is 5.32 Å². The smallest absolute Gasteiger partial charge is 0.123 e. The predicted molar refractivity (Wildman–Crippen MR) is 80.5 cm³/mol. The molecule has 1 N–H and O–H groups in total. The summed E-state index contributed by atoms with van der Waals surface area (Å²) in [4.78, 5) is 0. The van der Waals surface area contributed by atoms with Gasteiger partial charge >= 0.3 is 0 Å². The minimum atomic E-state index is 0.288. The Balaban J connectivity index is 1.55. The highest BCUT2D eigenvalue weighted by molar-refractivity contribution is 5.48. The molecule has 0 saturated heterocycles. The van der Waals surface area contributed by atoms with Crippen molar-refractivity contribution in [3.8, 4) is 11.5 Å². The fourth-order valence-corrected chi connectivity index (χ4v) is 2.95. The summed E-state index contributed by atoms with van der Waals surface area (Å²) in [7, 11) is 1.75. The molecule has 110 valence electrons. The van der Waals surface area contributed by atoms with Gasteiger partial charge in [-0.1, -0.05) is 12.8 Å². The summed E-state index contributed by atoms with van der Waals surface area (Å²) in [5.41, 5.74) is 2.47.